The minimum atomic E-state index is -0.460. The molecule has 0 aromatic heterocycles. The number of aryl methyl sites for hydroxylation is 1. The molecule has 4 heteroatoms. The molecule has 0 amide bonds. The Bertz CT molecular complexity index is 760. The lowest BCUT2D eigenvalue weighted by Crippen LogP contribution is -2.04. The predicted octanol–water partition coefficient (Wildman–Crippen LogP) is 4.45. The van der Waals surface area contributed by atoms with Crippen molar-refractivity contribution in [3.05, 3.63) is 59.2 Å². The summed E-state index contributed by atoms with van der Waals surface area (Å²) in [6, 6.07) is 10.5. The van der Waals surface area contributed by atoms with Crippen LogP contribution in [0.5, 0.6) is 17.2 Å². The smallest absolute Gasteiger partial charge is 0.336 e. The molecule has 2 aromatic rings. The number of esters is 1. The standard InChI is InChI=1S/C20H22O4/c1-13(2)17-8-7-16(11-14(17)3)24-20(22)10-6-15-5-9-18(21)19(12-15)23-4/h5-13,21H,1-4H3/b10-6+. The second-order valence-corrected chi connectivity index (χ2v) is 5.86. The SMILES string of the molecule is COc1cc(/C=C/C(=O)Oc2ccc(C(C)C)c(C)c2)ccc1O. The number of ether oxygens (including phenoxy) is 2. The van der Waals surface area contributed by atoms with Gasteiger partial charge in [-0.25, -0.2) is 4.79 Å². The molecule has 2 rings (SSSR count). The first-order chi connectivity index (χ1) is 11.4. The van der Waals surface area contributed by atoms with Gasteiger partial charge >= 0.3 is 5.97 Å². The maximum absolute atomic E-state index is 11.9. The van der Waals surface area contributed by atoms with Gasteiger partial charge in [-0.2, -0.15) is 0 Å². The number of methoxy groups -OCH3 is 1. The molecule has 0 atom stereocenters. The number of phenolic OH excluding ortho intramolecular Hbond substituents is 1. The molecule has 1 N–H and O–H groups in total. The van der Waals surface area contributed by atoms with Gasteiger partial charge in [0, 0.05) is 6.08 Å². The minimum Gasteiger partial charge on any atom is -0.504 e. The maximum Gasteiger partial charge on any atom is 0.336 e. The highest BCUT2D eigenvalue weighted by Crippen LogP contribution is 2.27. The Hall–Kier alpha value is -2.75. The van der Waals surface area contributed by atoms with Crippen molar-refractivity contribution >= 4 is 12.0 Å². The Morgan fingerprint density at radius 3 is 2.54 bits per heavy atom. The summed E-state index contributed by atoms with van der Waals surface area (Å²) in [6.07, 6.45) is 2.96. The van der Waals surface area contributed by atoms with Crippen molar-refractivity contribution in [2.24, 2.45) is 0 Å². The third kappa shape index (κ3) is 4.38. The van der Waals surface area contributed by atoms with Crippen molar-refractivity contribution in [1.82, 2.24) is 0 Å². The lowest BCUT2D eigenvalue weighted by atomic mass is 9.98. The summed E-state index contributed by atoms with van der Waals surface area (Å²) in [7, 11) is 1.47. The van der Waals surface area contributed by atoms with E-state index in [-0.39, 0.29) is 5.75 Å². The van der Waals surface area contributed by atoms with Crippen LogP contribution in [0.1, 0.15) is 36.5 Å². The Labute approximate surface area is 142 Å². The number of aromatic hydroxyl groups is 1. The molecule has 0 spiro atoms. The lowest BCUT2D eigenvalue weighted by molar-refractivity contribution is -0.128. The van der Waals surface area contributed by atoms with Crippen LogP contribution in [0.25, 0.3) is 6.08 Å². The first kappa shape index (κ1) is 17.6. The molecule has 0 saturated heterocycles. The van der Waals surface area contributed by atoms with Gasteiger partial charge < -0.3 is 14.6 Å². The highest BCUT2D eigenvalue weighted by molar-refractivity contribution is 5.88. The lowest BCUT2D eigenvalue weighted by Gasteiger charge is -2.11. The quantitative estimate of drug-likeness (QED) is 0.501. The molecule has 0 unspecified atom stereocenters. The fourth-order valence-electron chi connectivity index (χ4n) is 2.47. The molecule has 4 nitrogen and oxygen atoms in total. The van der Waals surface area contributed by atoms with Crippen molar-refractivity contribution in [3.8, 4) is 17.2 Å². The predicted molar refractivity (Wildman–Crippen MR) is 94.6 cm³/mol. The van der Waals surface area contributed by atoms with Crippen molar-refractivity contribution in [3.63, 3.8) is 0 Å². The third-order valence-electron chi connectivity index (χ3n) is 3.70. The second kappa shape index (κ2) is 7.68. The van der Waals surface area contributed by atoms with Crippen LogP contribution in [0.3, 0.4) is 0 Å². The first-order valence-electron chi connectivity index (χ1n) is 7.78. The molecule has 0 heterocycles. The number of carbonyl (C=O) groups is 1. The average molecular weight is 326 g/mol. The van der Waals surface area contributed by atoms with E-state index in [2.05, 4.69) is 13.8 Å². The van der Waals surface area contributed by atoms with Gasteiger partial charge in [-0.05, 0) is 59.9 Å². The zero-order chi connectivity index (χ0) is 17.7. The number of carbonyl (C=O) groups excluding carboxylic acids is 1. The van der Waals surface area contributed by atoms with E-state index in [0.717, 1.165) is 11.1 Å². The van der Waals surface area contributed by atoms with Crippen molar-refractivity contribution in [1.29, 1.82) is 0 Å². The van der Waals surface area contributed by atoms with Gasteiger partial charge in [-0.1, -0.05) is 26.0 Å². The monoisotopic (exact) mass is 326 g/mol. The topological polar surface area (TPSA) is 55.8 Å². The van der Waals surface area contributed by atoms with Crippen LogP contribution in [0.2, 0.25) is 0 Å². The van der Waals surface area contributed by atoms with E-state index in [1.807, 2.05) is 19.1 Å². The molecule has 126 valence electrons. The van der Waals surface area contributed by atoms with Crippen LogP contribution in [0, 0.1) is 6.92 Å². The normalized spacial score (nSPS) is 11.0. The van der Waals surface area contributed by atoms with E-state index in [1.54, 1.807) is 24.3 Å². The Morgan fingerprint density at radius 1 is 1.17 bits per heavy atom. The molecule has 24 heavy (non-hydrogen) atoms. The molecule has 0 radical (unpaired) electrons. The van der Waals surface area contributed by atoms with E-state index >= 15 is 0 Å². The third-order valence-corrected chi connectivity index (χ3v) is 3.70. The minimum absolute atomic E-state index is 0.0537. The zero-order valence-corrected chi connectivity index (χ0v) is 14.4. The fraction of sp³-hybridized carbons (Fsp3) is 0.250. The van der Waals surface area contributed by atoms with E-state index in [1.165, 1.54) is 24.8 Å². The average Bonchev–Trinajstić information content (AvgIpc) is 2.53. The summed E-state index contributed by atoms with van der Waals surface area (Å²) < 4.78 is 10.4. The zero-order valence-electron chi connectivity index (χ0n) is 14.4. The molecule has 0 saturated carbocycles. The van der Waals surface area contributed by atoms with Crippen LogP contribution >= 0.6 is 0 Å². The number of rotatable bonds is 5. The van der Waals surface area contributed by atoms with Crippen LogP contribution in [-0.4, -0.2) is 18.2 Å². The number of phenols is 1. The molecule has 0 bridgehead atoms. The van der Waals surface area contributed by atoms with Crippen molar-refractivity contribution < 1.29 is 19.4 Å². The highest BCUT2D eigenvalue weighted by Gasteiger charge is 2.07. The summed E-state index contributed by atoms with van der Waals surface area (Å²) in [5.41, 5.74) is 3.07. The molecular formula is C20H22O4. The van der Waals surface area contributed by atoms with E-state index < -0.39 is 5.97 Å². The van der Waals surface area contributed by atoms with Crippen LogP contribution in [-0.2, 0) is 4.79 Å². The van der Waals surface area contributed by atoms with Crippen LogP contribution in [0.4, 0.5) is 0 Å². The van der Waals surface area contributed by atoms with Crippen LogP contribution in [0.15, 0.2) is 42.5 Å². The Morgan fingerprint density at radius 2 is 1.92 bits per heavy atom. The van der Waals surface area contributed by atoms with Gasteiger partial charge in [-0.3, -0.25) is 0 Å². The van der Waals surface area contributed by atoms with Gasteiger partial charge in [-0.15, -0.1) is 0 Å². The number of benzene rings is 2. The van der Waals surface area contributed by atoms with Gasteiger partial charge in [0.15, 0.2) is 11.5 Å². The van der Waals surface area contributed by atoms with E-state index in [0.29, 0.717) is 17.4 Å². The summed E-state index contributed by atoms with van der Waals surface area (Å²) in [5.74, 6) is 0.899. The van der Waals surface area contributed by atoms with Gasteiger partial charge in [0.05, 0.1) is 7.11 Å². The largest absolute Gasteiger partial charge is 0.504 e. The fourth-order valence-corrected chi connectivity index (χ4v) is 2.47. The molecule has 0 fully saturated rings. The van der Waals surface area contributed by atoms with E-state index in [9.17, 15) is 9.90 Å². The molecule has 2 aromatic carbocycles. The van der Waals surface area contributed by atoms with Gasteiger partial charge in [0.2, 0.25) is 0 Å². The molecule has 0 aliphatic rings. The summed E-state index contributed by atoms with van der Waals surface area (Å²) >= 11 is 0. The molecule has 0 aliphatic heterocycles. The summed E-state index contributed by atoms with van der Waals surface area (Å²) in [6.45, 7) is 6.26. The first-order valence-corrected chi connectivity index (χ1v) is 7.78. The molecular weight excluding hydrogens is 304 g/mol. The molecule has 0 aliphatic carbocycles. The highest BCUT2D eigenvalue weighted by atomic mass is 16.5. The van der Waals surface area contributed by atoms with Gasteiger partial charge in [0.25, 0.3) is 0 Å². The number of hydrogen-bond donors (Lipinski definition) is 1. The Balaban J connectivity index is 2.06. The van der Waals surface area contributed by atoms with Crippen molar-refractivity contribution in [2.75, 3.05) is 7.11 Å². The van der Waals surface area contributed by atoms with Gasteiger partial charge in [0.1, 0.15) is 5.75 Å². The second-order valence-electron chi connectivity index (χ2n) is 5.86. The summed E-state index contributed by atoms with van der Waals surface area (Å²) in [5, 5.41) is 9.55. The number of hydrogen-bond acceptors (Lipinski definition) is 4. The van der Waals surface area contributed by atoms with E-state index in [4.69, 9.17) is 9.47 Å². The maximum atomic E-state index is 11.9. The Kier molecular flexibility index (Phi) is 5.64. The van der Waals surface area contributed by atoms with Crippen molar-refractivity contribution in [2.45, 2.75) is 26.7 Å². The summed E-state index contributed by atoms with van der Waals surface area (Å²) in [4.78, 5) is 11.9. The van der Waals surface area contributed by atoms with Crippen LogP contribution < -0.4 is 9.47 Å².